The van der Waals surface area contributed by atoms with Crippen LogP contribution < -0.4 is 10.1 Å². The first-order valence-corrected chi connectivity index (χ1v) is 10.9. The minimum absolute atomic E-state index is 0.0435. The number of nitrogens with zero attached hydrogens (tertiary/aromatic N) is 1. The van der Waals surface area contributed by atoms with Crippen molar-refractivity contribution in [2.24, 2.45) is 4.99 Å². The molecule has 0 saturated heterocycles. The number of hydrogen-bond donors (Lipinski definition) is 2. The second-order valence-electron chi connectivity index (χ2n) is 7.92. The highest BCUT2D eigenvalue weighted by Gasteiger charge is 2.49. The molecule has 1 heterocycles. The van der Waals surface area contributed by atoms with Crippen LogP contribution in [0.2, 0.25) is 0 Å². The van der Waals surface area contributed by atoms with Crippen LogP contribution in [0.5, 0.6) is 5.75 Å². The Kier molecular flexibility index (Phi) is 7.98. The summed E-state index contributed by atoms with van der Waals surface area (Å²) in [4.78, 5) is 17.8. The molecular weight excluding hydrogens is 449 g/mol. The van der Waals surface area contributed by atoms with Crippen molar-refractivity contribution in [1.29, 1.82) is 0 Å². The number of alkyl halides is 3. The Hall–Kier alpha value is -3.33. The lowest BCUT2D eigenvalue weighted by Crippen LogP contribution is -2.50. The maximum Gasteiger partial charge on any atom is 0.416 e. The smallest absolute Gasteiger partial charge is 0.416 e. The highest BCUT2D eigenvalue weighted by Crippen LogP contribution is 2.33. The van der Waals surface area contributed by atoms with E-state index in [1.54, 1.807) is 37.3 Å². The monoisotopic (exact) mass is 476 g/mol. The third-order valence-electron chi connectivity index (χ3n) is 5.49. The first-order valence-electron chi connectivity index (χ1n) is 10.9. The summed E-state index contributed by atoms with van der Waals surface area (Å²) in [6.45, 7) is 5.79. The normalized spacial score (nSPS) is 19.8. The molecule has 34 heavy (non-hydrogen) atoms. The van der Waals surface area contributed by atoms with Gasteiger partial charge in [-0.2, -0.15) is 13.2 Å². The van der Waals surface area contributed by atoms with Gasteiger partial charge in [-0.3, -0.25) is 4.79 Å². The number of amides is 1. The summed E-state index contributed by atoms with van der Waals surface area (Å²) in [5.74, 6) is 0.446. The summed E-state index contributed by atoms with van der Waals surface area (Å²) in [6, 6.07) is 11.8. The Morgan fingerprint density at radius 1 is 1.29 bits per heavy atom. The molecule has 2 aromatic carbocycles. The van der Waals surface area contributed by atoms with Crippen molar-refractivity contribution in [1.82, 2.24) is 5.32 Å². The van der Waals surface area contributed by atoms with Crippen LogP contribution in [0.1, 0.15) is 36.5 Å². The molecule has 9 heteroatoms. The molecule has 0 radical (unpaired) electrons. The van der Waals surface area contributed by atoms with Gasteiger partial charge in [-0.1, -0.05) is 18.2 Å². The van der Waals surface area contributed by atoms with Gasteiger partial charge in [0.1, 0.15) is 11.9 Å². The number of nitrogens with one attached hydrogen (secondary N) is 1. The van der Waals surface area contributed by atoms with E-state index in [0.29, 0.717) is 29.9 Å². The van der Waals surface area contributed by atoms with Crippen molar-refractivity contribution in [3.8, 4) is 5.75 Å². The lowest BCUT2D eigenvalue weighted by Gasteiger charge is -2.27. The number of aliphatic hydroxyl groups excluding tert-OH is 1. The molecule has 0 aliphatic carbocycles. The van der Waals surface area contributed by atoms with Gasteiger partial charge in [0.2, 0.25) is 5.90 Å². The van der Waals surface area contributed by atoms with E-state index < -0.39 is 29.3 Å². The number of carbonyl (C=O) groups excluding carboxylic acids is 1. The Bertz CT molecular complexity index is 1040. The van der Waals surface area contributed by atoms with E-state index in [1.165, 1.54) is 12.1 Å². The van der Waals surface area contributed by atoms with E-state index in [9.17, 15) is 18.0 Å². The van der Waals surface area contributed by atoms with Crippen molar-refractivity contribution in [2.75, 3.05) is 13.2 Å². The van der Waals surface area contributed by atoms with E-state index in [4.69, 9.17) is 14.6 Å². The maximum atomic E-state index is 13.2. The quantitative estimate of drug-likeness (QED) is 0.397. The molecule has 2 aromatic rings. The number of hydrogen-bond acceptors (Lipinski definition) is 5. The molecule has 0 saturated carbocycles. The SMILES string of the molecule is C=CC[C@@]1(C(=O)NCc2cccc(C(F)(F)F)c2)N=C(c2ccc(OCCCO)cc2)O[C@@H]1C. The standard InChI is InChI=1S/C25H27F3N2O4/c1-3-12-24(23(32)29-16-18-6-4-7-20(15-18)25(26,27)28)17(2)34-22(30-24)19-8-10-21(11-9-19)33-14-5-13-31/h3-4,6-11,15,17,31H,1,5,12-14,16H2,2H3,(H,29,32)/t17-,24-/m1/s1. The van der Waals surface area contributed by atoms with Crippen LogP contribution in [0.25, 0.3) is 0 Å². The fraction of sp³-hybridized carbons (Fsp3) is 0.360. The fourth-order valence-electron chi connectivity index (χ4n) is 3.60. The molecule has 0 fully saturated rings. The predicted molar refractivity (Wildman–Crippen MR) is 122 cm³/mol. The first-order chi connectivity index (χ1) is 16.2. The van der Waals surface area contributed by atoms with Crippen LogP contribution in [0.15, 0.2) is 66.2 Å². The summed E-state index contributed by atoms with van der Waals surface area (Å²) >= 11 is 0. The van der Waals surface area contributed by atoms with Gasteiger partial charge in [-0.25, -0.2) is 4.99 Å². The van der Waals surface area contributed by atoms with Gasteiger partial charge in [0.05, 0.1) is 12.2 Å². The van der Waals surface area contributed by atoms with Gasteiger partial charge in [-0.15, -0.1) is 6.58 Å². The number of halogens is 3. The zero-order valence-corrected chi connectivity index (χ0v) is 18.8. The summed E-state index contributed by atoms with van der Waals surface area (Å²) in [6.07, 6.45) is -2.81. The molecule has 2 N–H and O–H groups in total. The van der Waals surface area contributed by atoms with Gasteiger partial charge in [0, 0.05) is 31.6 Å². The van der Waals surface area contributed by atoms with Gasteiger partial charge in [0.25, 0.3) is 5.91 Å². The number of aliphatic imine (C=N–C) groups is 1. The Balaban J connectivity index is 1.76. The van der Waals surface area contributed by atoms with Crippen molar-refractivity contribution in [2.45, 2.75) is 44.1 Å². The number of benzene rings is 2. The Labute approximate surface area is 196 Å². The highest BCUT2D eigenvalue weighted by molar-refractivity contribution is 6.00. The third kappa shape index (κ3) is 5.77. The molecule has 0 spiro atoms. The van der Waals surface area contributed by atoms with Gasteiger partial charge in [-0.05, 0) is 48.9 Å². The largest absolute Gasteiger partial charge is 0.494 e. The van der Waals surface area contributed by atoms with E-state index in [2.05, 4.69) is 16.9 Å². The summed E-state index contributed by atoms with van der Waals surface area (Å²) in [7, 11) is 0. The highest BCUT2D eigenvalue weighted by atomic mass is 19.4. The molecule has 0 bridgehead atoms. The number of aliphatic hydroxyl groups is 1. The van der Waals surface area contributed by atoms with E-state index in [0.717, 1.165) is 12.1 Å². The summed E-state index contributed by atoms with van der Waals surface area (Å²) in [5.41, 5.74) is -1.10. The first kappa shape index (κ1) is 25.3. The average Bonchev–Trinajstić information content (AvgIpc) is 3.15. The molecule has 2 atom stereocenters. The van der Waals surface area contributed by atoms with Crippen molar-refractivity contribution in [3.05, 3.63) is 77.9 Å². The molecule has 182 valence electrons. The van der Waals surface area contributed by atoms with Gasteiger partial charge in [0.15, 0.2) is 5.54 Å². The van der Waals surface area contributed by atoms with Crippen LogP contribution in [-0.4, -0.2) is 41.8 Å². The molecule has 1 amide bonds. The number of ether oxygens (including phenoxy) is 2. The molecular formula is C25H27F3N2O4. The molecule has 0 unspecified atom stereocenters. The van der Waals surface area contributed by atoms with Crippen molar-refractivity contribution >= 4 is 11.8 Å². The Morgan fingerprint density at radius 3 is 2.68 bits per heavy atom. The topological polar surface area (TPSA) is 80.2 Å². The van der Waals surface area contributed by atoms with Crippen LogP contribution in [-0.2, 0) is 22.3 Å². The van der Waals surface area contributed by atoms with Gasteiger partial charge >= 0.3 is 6.18 Å². The second-order valence-corrected chi connectivity index (χ2v) is 7.92. The fourth-order valence-corrected chi connectivity index (χ4v) is 3.60. The average molecular weight is 476 g/mol. The molecule has 6 nitrogen and oxygen atoms in total. The van der Waals surface area contributed by atoms with Crippen molar-refractivity contribution in [3.63, 3.8) is 0 Å². The van der Waals surface area contributed by atoms with E-state index >= 15 is 0 Å². The maximum absolute atomic E-state index is 13.2. The minimum Gasteiger partial charge on any atom is -0.494 e. The minimum atomic E-state index is -4.46. The molecule has 1 aliphatic rings. The summed E-state index contributed by atoms with van der Waals surface area (Å²) in [5, 5.41) is 11.5. The van der Waals surface area contributed by atoms with Crippen molar-refractivity contribution < 1.29 is 32.5 Å². The predicted octanol–water partition coefficient (Wildman–Crippen LogP) is 4.26. The Morgan fingerprint density at radius 2 is 2.03 bits per heavy atom. The molecule has 1 aliphatic heterocycles. The van der Waals surface area contributed by atoms with Crippen LogP contribution in [0, 0.1) is 0 Å². The molecule has 0 aromatic heterocycles. The summed E-state index contributed by atoms with van der Waals surface area (Å²) < 4.78 is 50.4. The lowest BCUT2D eigenvalue weighted by atomic mass is 9.89. The second kappa shape index (κ2) is 10.7. The van der Waals surface area contributed by atoms with E-state index in [-0.39, 0.29) is 25.5 Å². The van der Waals surface area contributed by atoms with Crippen LogP contribution in [0.3, 0.4) is 0 Å². The number of rotatable bonds is 10. The van der Waals surface area contributed by atoms with E-state index in [1.807, 2.05) is 0 Å². The zero-order chi connectivity index (χ0) is 24.8. The zero-order valence-electron chi connectivity index (χ0n) is 18.8. The molecule has 3 rings (SSSR count). The van der Waals surface area contributed by atoms with Gasteiger partial charge < -0.3 is 19.9 Å². The van der Waals surface area contributed by atoms with Crippen LogP contribution >= 0.6 is 0 Å². The lowest BCUT2D eigenvalue weighted by molar-refractivity contribution is -0.137. The van der Waals surface area contributed by atoms with Crippen LogP contribution in [0.4, 0.5) is 13.2 Å². The third-order valence-corrected chi connectivity index (χ3v) is 5.49. The number of carbonyl (C=O) groups is 1.